The van der Waals surface area contributed by atoms with Crippen LogP contribution in [0.2, 0.25) is 0 Å². The smallest absolute Gasteiger partial charge is 0.251 e. The molecule has 0 spiro atoms. The van der Waals surface area contributed by atoms with Crippen LogP contribution in [0.5, 0.6) is 11.5 Å². The topological polar surface area (TPSA) is 56.8 Å². The summed E-state index contributed by atoms with van der Waals surface area (Å²) in [5.74, 6) is 1.72. The van der Waals surface area contributed by atoms with E-state index < -0.39 is 0 Å². The van der Waals surface area contributed by atoms with Crippen molar-refractivity contribution in [1.29, 1.82) is 0 Å². The standard InChI is InChI=1S/C18H27NO4/c1-13(2)8-10-23-16-7-6-14(11-17(16)21-3)18(20)19-12-15-5-4-9-22-15/h6-7,11,13,15H,4-5,8-10,12H2,1-3H3,(H,19,20). The van der Waals surface area contributed by atoms with Gasteiger partial charge in [-0.1, -0.05) is 13.8 Å². The van der Waals surface area contributed by atoms with Gasteiger partial charge < -0.3 is 19.5 Å². The van der Waals surface area contributed by atoms with Crippen LogP contribution >= 0.6 is 0 Å². The normalized spacial score (nSPS) is 17.3. The Labute approximate surface area is 138 Å². The molecular formula is C18H27NO4. The van der Waals surface area contributed by atoms with Crippen LogP contribution in [0.3, 0.4) is 0 Å². The molecule has 1 heterocycles. The molecule has 1 aromatic carbocycles. The van der Waals surface area contributed by atoms with Crippen molar-refractivity contribution in [2.24, 2.45) is 5.92 Å². The van der Waals surface area contributed by atoms with E-state index in [2.05, 4.69) is 19.2 Å². The summed E-state index contributed by atoms with van der Waals surface area (Å²) < 4.78 is 16.6. The van der Waals surface area contributed by atoms with Gasteiger partial charge in [0.05, 0.1) is 19.8 Å². The highest BCUT2D eigenvalue weighted by Gasteiger charge is 2.17. The molecule has 0 radical (unpaired) electrons. The molecule has 1 amide bonds. The molecule has 0 aromatic heterocycles. The Balaban J connectivity index is 1.92. The quantitative estimate of drug-likeness (QED) is 0.799. The first-order chi connectivity index (χ1) is 11.1. The second-order valence-electron chi connectivity index (χ2n) is 6.24. The third-order valence-electron chi connectivity index (χ3n) is 3.89. The molecule has 1 aromatic rings. The molecule has 0 bridgehead atoms. The molecule has 23 heavy (non-hydrogen) atoms. The van der Waals surface area contributed by atoms with Crippen LogP contribution in [-0.4, -0.2) is 38.9 Å². The first kappa shape index (κ1) is 17.6. The number of benzene rings is 1. The molecule has 1 aliphatic heterocycles. The minimum Gasteiger partial charge on any atom is -0.493 e. The summed E-state index contributed by atoms with van der Waals surface area (Å²) in [4.78, 5) is 12.2. The maximum absolute atomic E-state index is 12.2. The lowest BCUT2D eigenvalue weighted by molar-refractivity contribution is 0.0857. The van der Waals surface area contributed by atoms with Crippen molar-refractivity contribution in [3.63, 3.8) is 0 Å². The fourth-order valence-corrected chi connectivity index (χ4v) is 2.45. The number of nitrogens with one attached hydrogen (secondary N) is 1. The maximum atomic E-state index is 12.2. The van der Waals surface area contributed by atoms with Crippen molar-refractivity contribution in [3.05, 3.63) is 23.8 Å². The highest BCUT2D eigenvalue weighted by Crippen LogP contribution is 2.28. The number of hydrogen-bond acceptors (Lipinski definition) is 4. The Morgan fingerprint density at radius 1 is 1.39 bits per heavy atom. The SMILES string of the molecule is COc1cc(C(=O)NCC2CCCO2)ccc1OCCC(C)C. The van der Waals surface area contributed by atoms with Crippen LogP contribution in [0.1, 0.15) is 43.5 Å². The predicted molar refractivity (Wildman–Crippen MR) is 89.3 cm³/mol. The van der Waals surface area contributed by atoms with E-state index in [1.807, 2.05) is 0 Å². The monoisotopic (exact) mass is 321 g/mol. The van der Waals surface area contributed by atoms with Crippen molar-refractivity contribution in [3.8, 4) is 11.5 Å². The van der Waals surface area contributed by atoms with E-state index >= 15 is 0 Å². The van der Waals surface area contributed by atoms with Gasteiger partial charge in [0.2, 0.25) is 0 Å². The number of carbonyl (C=O) groups is 1. The summed E-state index contributed by atoms with van der Waals surface area (Å²) in [5, 5.41) is 2.91. The zero-order chi connectivity index (χ0) is 16.7. The van der Waals surface area contributed by atoms with E-state index in [0.29, 0.717) is 36.1 Å². The molecule has 0 saturated carbocycles. The molecular weight excluding hydrogens is 294 g/mol. The lowest BCUT2D eigenvalue weighted by Crippen LogP contribution is -2.31. The van der Waals surface area contributed by atoms with Crippen LogP contribution in [0.25, 0.3) is 0 Å². The molecule has 0 aliphatic carbocycles. The van der Waals surface area contributed by atoms with Crippen molar-refractivity contribution < 1.29 is 19.0 Å². The van der Waals surface area contributed by atoms with Gasteiger partial charge in [0.15, 0.2) is 11.5 Å². The van der Waals surface area contributed by atoms with Gasteiger partial charge in [-0.2, -0.15) is 0 Å². The Morgan fingerprint density at radius 3 is 2.87 bits per heavy atom. The molecule has 1 N–H and O–H groups in total. The molecule has 1 saturated heterocycles. The summed E-state index contributed by atoms with van der Waals surface area (Å²) in [6, 6.07) is 5.27. The van der Waals surface area contributed by atoms with Gasteiger partial charge in [-0.25, -0.2) is 0 Å². The van der Waals surface area contributed by atoms with Crippen LogP contribution in [0, 0.1) is 5.92 Å². The van der Waals surface area contributed by atoms with Crippen molar-refractivity contribution >= 4 is 5.91 Å². The maximum Gasteiger partial charge on any atom is 0.251 e. The minimum absolute atomic E-state index is 0.118. The van der Waals surface area contributed by atoms with Crippen LogP contribution in [-0.2, 0) is 4.74 Å². The summed E-state index contributed by atoms with van der Waals surface area (Å²) in [6.07, 6.45) is 3.19. The van der Waals surface area contributed by atoms with Gasteiger partial charge >= 0.3 is 0 Å². The number of ether oxygens (including phenoxy) is 3. The molecule has 1 aliphatic rings. The lowest BCUT2D eigenvalue weighted by atomic mass is 10.1. The first-order valence-corrected chi connectivity index (χ1v) is 8.30. The molecule has 1 unspecified atom stereocenters. The zero-order valence-corrected chi connectivity index (χ0v) is 14.3. The Bertz CT molecular complexity index is 510. The van der Waals surface area contributed by atoms with E-state index in [9.17, 15) is 4.79 Å². The summed E-state index contributed by atoms with van der Waals surface area (Å²) in [7, 11) is 1.58. The second-order valence-corrected chi connectivity index (χ2v) is 6.24. The van der Waals surface area contributed by atoms with Crippen LogP contribution in [0.15, 0.2) is 18.2 Å². The zero-order valence-electron chi connectivity index (χ0n) is 14.3. The third-order valence-corrected chi connectivity index (χ3v) is 3.89. The highest BCUT2D eigenvalue weighted by atomic mass is 16.5. The van der Waals surface area contributed by atoms with Crippen molar-refractivity contribution in [1.82, 2.24) is 5.32 Å². The molecule has 5 heteroatoms. The Morgan fingerprint density at radius 2 is 2.22 bits per heavy atom. The van der Waals surface area contributed by atoms with Gasteiger partial charge in [0.1, 0.15) is 0 Å². The first-order valence-electron chi connectivity index (χ1n) is 8.30. The van der Waals surface area contributed by atoms with E-state index in [0.717, 1.165) is 25.9 Å². The number of carbonyl (C=O) groups excluding carboxylic acids is 1. The summed E-state index contributed by atoms with van der Waals surface area (Å²) >= 11 is 0. The lowest BCUT2D eigenvalue weighted by Gasteiger charge is -2.14. The van der Waals surface area contributed by atoms with E-state index in [-0.39, 0.29) is 12.0 Å². The number of hydrogen-bond donors (Lipinski definition) is 1. The number of methoxy groups -OCH3 is 1. The van der Waals surface area contributed by atoms with Crippen molar-refractivity contribution in [2.45, 2.75) is 39.2 Å². The predicted octanol–water partition coefficient (Wildman–Crippen LogP) is 3.03. The fourth-order valence-electron chi connectivity index (χ4n) is 2.45. The average Bonchev–Trinajstić information content (AvgIpc) is 3.06. The Kier molecular flexibility index (Phi) is 6.71. The molecule has 2 rings (SSSR count). The largest absolute Gasteiger partial charge is 0.493 e. The van der Waals surface area contributed by atoms with E-state index in [1.54, 1.807) is 25.3 Å². The second kappa shape index (κ2) is 8.77. The van der Waals surface area contributed by atoms with Crippen LogP contribution in [0.4, 0.5) is 0 Å². The minimum atomic E-state index is -0.118. The van der Waals surface area contributed by atoms with Crippen molar-refractivity contribution in [2.75, 3.05) is 26.9 Å². The molecule has 1 atom stereocenters. The van der Waals surface area contributed by atoms with E-state index in [4.69, 9.17) is 14.2 Å². The molecule has 128 valence electrons. The van der Waals surface area contributed by atoms with Gasteiger partial charge in [-0.15, -0.1) is 0 Å². The van der Waals surface area contributed by atoms with Gasteiger partial charge in [-0.05, 0) is 43.4 Å². The number of amides is 1. The van der Waals surface area contributed by atoms with Gasteiger partial charge in [0, 0.05) is 18.7 Å². The van der Waals surface area contributed by atoms with Gasteiger partial charge in [0.25, 0.3) is 5.91 Å². The third kappa shape index (κ3) is 5.43. The fraction of sp³-hybridized carbons (Fsp3) is 0.611. The summed E-state index contributed by atoms with van der Waals surface area (Å²) in [6.45, 7) is 6.29. The summed E-state index contributed by atoms with van der Waals surface area (Å²) in [5.41, 5.74) is 0.566. The van der Waals surface area contributed by atoms with Crippen LogP contribution < -0.4 is 14.8 Å². The molecule has 1 fully saturated rings. The Hall–Kier alpha value is -1.75. The highest BCUT2D eigenvalue weighted by molar-refractivity contribution is 5.94. The van der Waals surface area contributed by atoms with Gasteiger partial charge in [-0.3, -0.25) is 4.79 Å². The van der Waals surface area contributed by atoms with E-state index in [1.165, 1.54) is 0 Å². The average molecular weight is 321 g/mol. The number of rotatable bonds is 8. The molecule has 5 nitrogen and oxygen atoms in total.